The second-order valence-corrected chi connectivity index (χ2v) is 5.79. The van der Waals surface area contributed by atoms with Crippen LogP contribution in [0.15, 0.2) is 0 Å². The van der Waals surface area contributed by atoms with Gasteiger partial charge in [0, 0.05) is 32.7 Å². The molecule has 0 unspecified atom stereocenters. The first-order valence-corrected chi connectivity index (χ1v) is 7.01. The van der Waals surface area contributed by atoms with Gasteiger partial charge in [-0.15, -0.1) is 0 Å². The van der Waals surface area contributed by atoms with Gasteiger partial charge in [-0.05, 0) is 17.5 Å². The maximum Gasteiger partial charge on any atom is 0.157 e. The fourth-order valence-electron chi connectivity index (χ4n) is 2.26. The van der Waals surface area contributed by atoms with Gasteiger partial charge in [0.15, 0.2) is 5.82 Å². The van der Waals surface area contributed by atoms with Gasteiger partial charge < -0.3 is 10.6 Å². The number of hydrogen-bond donors (Lipinski definition) is 1. The number of hydrogen-bond acceptors (Lipinski definition) is 6. The van der Waals surface area contributed by atoms with Gasteiger partial charge in [-0.3, -0.25) is 4.90 Å². The standard InChI is InChI=1S/C12H19N5S/c1-9(2)8-16-3-5-17(6-4-16)12-10(7-13)11(14)15-18-12/h9H,3-6,8H2,1-2H3,(H2,14,15). The normalized spacial score (nSPS) is 17.1. The molecule has 1 saturated heterocycles. The zero-order valence-electron chi connectivity index (χ0n) is 10.9. The van der Waals surface area contributed by atoms with Crippen molar-refractivity contribution in [3.63, 3.8) is 0 Å². The Morgan fingerprint density at radius 3 is 2.61 bits per heavy atom. The van der Waals surface area contributed by atoms with Crippen LogP contribution in [0.2, 0.25) is 0 Å². The first-order chi connectivity index (χ1) is 8.61. The highest BCUT2D eigenvalue weighted by atomic mass is 32.1. The largest absolute Gasteiger partial charge is 0.382 e. The molecule has 0 aliphatic carbocycles. The molecule has 1 aliphatic heterocycles. The lowest BCUT2D eigenvalue weighted by atomic mass is 10.2. The lowest BCUT2D eigenvalue weighted by molar-refractivity contribution is 0.231. The summed E-state index contributed by atoms with van der Waals surface area (Å²) in [6.45, 7) is 9.60. The summed E-state index contributed by atoms with van der Waals surface area (Å²) >= 11 is 1.33. The number of anilines is 2. The number of rotatable bonds is 3. The second kappa shape index (κ2) is 5.55. The van der Waals surface area contributed by atoms with E-state index in [9.17, 15) is 0 Å². The van der Waals surface area contributed by atoms with E-state index in [4.69, 9.17) is 11.0 Å². The Bertz CT molecular complexity index is 440. The Morgan fingerprint density at radius 2 is 2.06 bits per heavy atom. The fraction of sp³-hybridized carbons (Fsp3) is 0.667. The fourth-order valence-corrected chi connectivity index (χ4v) is 3.08. The minimum absolute atomic E-state index is 0.363. The molecule has 0 amide bonds. The molecular weight excluding hydrogens is 246 g/mol. The Labute approximate surface area is 112 Å². The maximum absolute atomic E-state index is 9.09. The Balaban J connectivity index is 1.99. The molecule has 2 N–H and O–H groups in total. The number of piperazine rings is 1. The quantitative estimate of drug-likeness (QED) is 0.894. The molecule has 18 heavy (non-hydrogen) atoms. The highest BCUT2D eigenvalue weighted by Gasteiger charge is 2.22. The van der Waals surface area contributed by atoms with Gasteiger partial charge in [0.2, 0.25) is 0 Å². The van der Waals surface area contributed by atoms with Gasteiger partial charge in [-0.25, -0.2) is 0 Å². The monoisotopic (exact) mass is 265 g/mol. The highest BCUT2D eigenvalue weighted by Crippen LogP contribution is 2.30. The van der Waals surface area contributed by atoms with Crippen molar-refractivity contribution >= 4 is 22.4 Å². The molecule has 0 aromatic carbocycles. The molecule has 0 bridgehead atoms. The van der Waals surface area contributed by atoms with E-state index in [2.05, 4.69) is 34.1 Å². The van der Waals surface area contributed by atoms with Crippen molar-refractivity contribution in [3.8, 4) is 6.07 Å². The maximum atomic E-state index is 9.09. The van der Waals surface area contributed by atoms with Crippen LogP contribution in [0.3, 0.4) is 0 Å². The van der Waals surface area contributed by atoms with E-state index in [1.54, 1.807) is 0 Å². The number of nitrogens with two attached hydrogens (primary N) is 1. The van der Waals surface area contributed by atoms with E-state index in [1.165, 1.54) is 11.5 Å². The van der Waals surface area contributed by atoms with Crippen molar-refractivity contribution in [2.45, 2.75) is 13.8 Å². The van der Waals surface area contributed by atoms with Crippen molar-refractivity contribution in [1.82, 2.24) is 9.27 Å². The SMILES string of the molecule is CC(C)CN1CCN(c2snc(N)c2C#N)CC1. The van der Waals surface area contributed by atoms with Gasteiger partial charge in [0.05, 0.1) is 0 Å². The summed E-state index contributed by atoms with van der Waals surface area (Å²) in [7, 11) is 0. The first kappa shape index (κ1) is 13.1. The summed E-state index contributed by atoms with van der Waals surface area (Å²) < 4.78 is 4.07. The molecule has 0 radical (unpaired) electrons. The number of aromatic nitrogens is 1. The van der Waals surface area contributed by atoms with Gasteiger partial charge >= 0.3 is 0 Å². The minimum Gasteiger partial charge on any atom is -0.382 e. The van der Waals surface area contributed by atoms with E-state index in [1.807, 2.05) is 0 Å². The molecule has 1 aromatic heterocycles. The molecule has 5 nitrogen and oxygen atoms in total. The molecule has 1 aromatic rings. The smallest absolute Gasteiger partial charge is 0.157 e. The van der Waals surface area contributed by atoms with Gasteiger partial charge in [0.1, 0.15) is 16.6 Å². The van der Waals surface area contributed by atoms with E-state index in [0.29, 0.717) is 17.3 Å². The molecule has 1 aliphatic rings. The van der Waals surface area contributed by atoms with E-state index >= 15 is 0 Å². The van der Waals surface area contributed by atoms with Crippen molar-refractivity contribution in [3.05, 3.63) is 5.56 Å². The van der Waals surface area contributed by atoms with Gasteiger partial charge in [-0.1, -0.05) is 13.8 Å². The zero-order chi connectivity index (χ0) is 13.1. The molecule has 2 heterocycles. The summed E-state index contributed by atoms with van der Waals surface area (Å²) in [5, 5.41) is 10.0. The van der Waals surface area contributed by atoms with E-state index in [-0.39, 0.29) is 0 Å². The van der Waals surface area contributed by atoms with Crippen LogP contribution >= 0.6 is 11.5 Å². The highest BCUT2D eigenvalue weighted by molar-refractivity contribution is 7.10. The molecule has 6 heteroatoms. The van der Waals surface area contributed by atoms with Crippen molar-refractivity contribution < 1.29 is 0 Å². The summed E-state index contributed by atoms with van der Waals surface area (Å²) in [6.07, 6.45) is 0. The Hall–Kier alpha value is -1.32. The number of nitrogens with zero attached hydrogens (tertiary/aromatic N) is 4. The van der Waals surface area contributed by atoms with Gasteiger partial charge in [-0.2, -0.15) is 9.64 Å². The molecular formula is C12H19N5S. The lowest BCUT2D eigenvalue weighted by Gasteiger charge is -2.35. The van der Waals surface area contributed by atoms with Crippen LogP contribution in [0, 0.1) is 17.2 Å². The van der Waals surface area contributed by atoms with E-state index < -0.39 is 0 Å². The van der Waals surface area contributed by atoms with Crippen LogP contribution in [0.25, 0.3) is 0 Å². The summed E-state index contributed by atoms with van der Waals surface area (Å²) in [5.74, 6) is 1.06. The minimum atomic E-state index is 0.363. The Kier molecular flexibility index (Phi) is 4.04. The molecule has 0 spiro atoms. The summed E-state index contributed by atoms with van der Waals surface area (Å²) in [6, 6.07) is 2.15. The molecule has 2 rings (SSSR count). The van der Waals surface area contributed by atoms with Gasteiger partial charge in [0.25, 0.3) is 0 Å². The summed E-state index contributed by atoms with van der Waals surface area (Å²) in [5.41, 5.74) is 6.23. The molecule has 98 valence electrons. The van der Waals surface area contributed by atoms with Crippen LogP contribution in [-0.4, -0.2) is 42.0 Å². The zero-order valence-corrected chi connectivity index (χ0v) is 11.7. The van der Waals surface area contributed by atoms with Crippen molar-refractivity contribution in [2.24, 2.45) is 5.92 Å². The molecule has 0 saturated carbocycles. The molecule has 0 atom stereocenters. The third-order valence-corrected chi connectivity index (χ3v) is 4.02. The van der Waals surface area contributed by atoms with Crippen LogP contribution in [0.1, 0.15) is 19.4 Å². The first-order valence-electron chi connectivity index (χ1n) is 6.24. The van der Waals surface area contributed by atoms with E-state index in [0.717, 1.165) is 37.7 Å². The predicted octanol–water partition coefficient (Wildman–Crippen LogP) is 1.37. The third-order valence-electron chi connectivity index (χ3n) is 3.10. The van der Waals surface area contributed by atoms with Crippen LogP contribution in [-0.2, 0) is 0 Å². The van der Waals surface area contributed by atoms with Crippen molar-refractivity contribution in [2.75, 3.05) is 43.4 Å². The third kappa shape index (κ3) is 2.74. The van der Waals surface area contributed by atoms with Crippen LogP contribution < -0.4 is 10.6 Å². The average Bonchev–Trinajstić information content (AvgIpc) is 2.70. The predicted molar refractivity (Wildman–Crippen MR) is 74.7 cm³/mol. The van der Waals surface area contributed by atoms with Crippen molar-refractivity contribution in [1.29, 1.82) is 5.26 Å². The number of nitrogen functional groups attached to an aromatic ring is 1. The lowest BCUT2D eigenvalue weighted by Crippen LogP contribution is -2.47. The summed E-state index contributed by atoms with van der Waals surface area (Å²) in [4.78, 5) is 4.70. The topological polar surface area (TPSA) is 69.2 Å². The average molecular weight is 265 g/mol. The van der Waals surface area contributed by atoms with Crippen LogP contribution in [0.5, 0.6) is 0 Å². The second-order valence-electron chi connectivity index (χ2n) is 5.04. The van der Waals surface area contributed by atoms with Crippen LogP contribution in [0.4, 0.5) is 10.8 Å². The number of nitriles is 1. The molecule has 1 fully saturated rings. The Morgan fingerprint density at radius 1 is 1.39 bits per heavy atom.